The molecular formula is C12H19NO3S2. The number of sulfone groups is 1. The molecule has 0 bridgehead atoms. The summed E-state index contributed by atoms with van der Waals surface area (Å²) < 4.78 is 34.9. The van der Waals surface area contributed by atoms with Gasteiger partial charge in [0.15, 0.2) is 9.84 Å². The summed E-state index contributed by atoms with van der Waals surface area (Å²) in [5.41, 5.74) is 5.49. The monoisotopic (exact) mass is 289 g/mol. The maximum atomic E-state index is 12.2. The van der Waals surface area contributed by atoms with Crippen LogP contribution in [0.15, 0.2) is 34.1 Å². The van der Waals surface area contributed by atoms with Gasteiger partial charge in [-0.05, 0) is 43.7 Å². The van der Waals surface area contributed by atoms with Crippen LogP contribution in [0, 0.1) is 0 Å². The van der Waals surface area contributed by atoms with Crippen LogP contribution in [0.2, 0.25) is 0 Å². The third-order valence-electron chi connectivity index (χ3n) is 2.73. The van der Waals surface area contributed by atoms with Gasteiger partial charge < -0.3 is 5.73 Å². The molecule has 2 unspecified atom stereocenters. The minimum Gasteiger partial charge on any atom is -0.330 e. The molecule has 0 spiro atoms. The molecule has 0 aliphatic carbocycles. The molecule has 18 heavy (non-hydrogen) atoms. The van der Waals surface area contributed by atoms with Gasteiger partial charge >= 0.3 is 0 Å². The lowest BCUT2D eigenvalue weighted by Gasteiger charge is -2.13. The first-order valence-corrected chi connectivity index (χ1v) is 8.91. The standard InChI is InChI=1S/C12H19NO3S2/c1-3-10(8-9-13)17(14)11-4-6-12(7-5-11)18(2,15)16/h4-7,10H,3,8-9,13H2,1-2H3. The molecule has 0 fully saturated rings. The Morgan fingerprint density at radius 1 is 1.28 bits per heavy atom. The highest BCUT2D eigenvalue weighted by Gasteiger charge is 2.16. The summed E-state index contributed by atoms with van der Waals surface area (Å²) in [6, 6.07) is 6.23. The van der Waals surface area contributed by atoms with Crippen molar-refractivity contribution in [3.05, 3.63) is 24.3 Å². The number of nitrogens with two attached hydrogens (primary N) is 1. The average molecular weight is 289 g/mol. The molecule has 1 aromatic carbocycles. The summed E-state index contributed by atoms with van der Waals surface area (Å²) in [5.74, 6) is 0. The molecule has 1 aromatic rings. The van der Waals surface area contributed by atoms with Gasteiger partial charge in [-0.1, -0.05) is 6.92 Å². The first-order valence-electron chi connectivity index (χ1n) is 5.81. The second-order valence-electron chi connectivity index (χ2n) is 4.15. The molecule has 0 aliphatic heterocycles. The Hall–Kier alpha value is -0.720. The Morgan fingerprint density at radius 2 is 1.83 bits per heavy atom. The van der Waals surface area contributed by atoms with E-state index in [1.165, 1.54) is 12.1 Å². The average Bonchev–Trinajstić information content (AvgIpc) is 2.34. The quantitative estimate of drug-likeness (QED) is 0.857. The van der Waals surface area contributed by atoms with Crippen LogP contribution in [0.3, 0.4) is 0 Å². The third-order valence-corrected chi connectivity index (χ3v) is 5.77. The summed E-state index contributed by atoms with van der Waals surface area (Å²) in [6.45, 7) is 2.48. The predicted octanol–water partition coefficient (Wildman–Crippen LogP) is 1.33. The molecule has 2 atom stereocenters. The largest absolute Gasteiger partial charge is 0.330 e. The van der Waals surface area contributed by atoms with Crippen molar-refractivity contribution in [3.8, 4) is 0 Å². The van der Waals surface area contributed by atoms with E-state index in [4.69, 9.17) is 5.73 Å². The molecule has 0 radical (unpaired) electrons. The Bertz CT molecular complexity index is 509. The van der Waals surface area contributed by atoms with Crippen molar-refractivity contribution in [2.45, 2.75) is 34.8 Å². The normalized spacial score (nSPS) is 15.3. The fourth-order valence-electron chi connectivity index (χ4n) is 1.66. The summed E-state index contributed by atoms with van der Waals surface area (Å²) in [7, 11) is -4.33. The van der Waals surface area contributed by atoms with Crippen LogP contribution in [0.25, 0.3) is 0 Å². The number of hydrogen-bond donors (Lipinski definition) is 1. The topological polar surface area (TPSA) is 77.2 Å². The molecule has 0 aliphatic rings. The van der Waals surface area contributed by atoms with Crippen molar-refractivity contribution in [1.82, 2.24) is 0 Å². The van der Waals surface area contributed by atoms with E-state index in [1.54, 1.807) is 12.1 Å². The molecule has 0 saturated heterocycles. The summed E-state index contributed by atoms with van der Waals surface area (Å²) >= 11 is 0. The lowest BCUT2D eigenvalue weighted by atomic mass is 10.2. The maximum Gasteiger partial charge on any atom is 0.175 e. The van der Waals surface area contributed by atoms with E-state index in [1.807, 2.05) is 6.92 Å². The number of rotatable bonds is 6. The van der Waals surface area contributed by atoms with Gasteiger partial charge in [-0.25, -0.2) is 8.42 Å². The van der Waals surface area contributed by atoms with Crippen LogP contribution >= 0.6 is 0 Å². The van der Waals surface area contributed by atoms with Crippen LogP contribution < -0.4 is 5.73 Å². The lowest BCUT2D eigenvalue weighted by Crippen LogP contribution is -2.18. The Balaban J connectivity index is 2.95. The summed E-state index contributed by atoms with van der Waals surface area (Å²) in [4.78, 5) is 0.901. The highest BCUT2D eigenvalue weighted by atomic mass is 32.2. The number of hydrogen-bond acceptors (Lipinski definition) is 4. The van der Waals surface area contributed by atoms with Gasteiger partial charge in [0.1, 0.15) is 0 Å². The Labute approximate surface area is 111 Å². The Morgan fingerprint density at radius 3 is 2.22 bits per heavy atom. The van der Waals surface area contributed by atoms with Crippen molar-refractivity contribution < 1.29 is 12.6 Å². The zero-order valence-corrected chi connectivity index (χ0v) is 12.3. The minimum atomic E-state index is -3.20. The molecule has 0 heterocycles. The first-order chi connectivity index (χ1) is 8.40. The van der Waals surface area contributed by atoms with Crippen molar-refractivity contribution in [2.24, 2.45) is 5.73 Å². The van der Waals surface area contributed by atoms with Crippen LogP contribution in [0.4, 0.5) is 0 Å². The van der Waals surface area contributed by atoms with E-state index in [9.17, 15) is 12.6 Å². The third kappa shape index (κ3) is 3.90. The summed E-state index contributed by atoms with van der Waals surface area (Å²) in [5, 5.41) is 0.0269. The van der Waals surface area contributed by atoms with Crippen molar-refractivity contribution in [1.29, 1.82) is 0 Å². The molecular weight excluding hydrogens is 270 g/mol. The van der Waals surface area contributed by atoms with Gasteiger partial charge in [-0.2, -0.15) is 0 Å². The molecule has 0 aromatic heterocycles. The van der Waals surface area contributed by atoms with Gasteiger partial charge in [0, 0.05) is 16.4 Å². The zero-order chi connectivity index (χ0) is 13.8. The van der Waals surface area contributed by atoms with Crippen LogP contribution in [0.5, 0.6) is 0 Å². The van der Waals surface area contributed by atoms with Crippen molar-refractivity contribution in [2.75, 3.05) is 12.8 Å². The van der Waals surface area contributed by atoms with Gasteiger partial charge in [0.2, 0.25) is 0 Å². The molecule has 102 valence electrons. The van der Waals surface area contributed by atoms with Crippen LogP contribution in [-0.2, 0) is 20.6 Å². The van der Waals surface area contributed by atoms with E-state index in [2.05, 4.69) is 0 Å². The second-order valence-corrected chi connectivity index (χ2v) is 7.90. The van der Waals surface area contributed by atoms with Crippen molar-refractivity contribution in [3.63, 3.8) is 0 Å². The second kappa shape index (κ2) is 6.45. The van der Waals surface area contributed by atoms with Gasteiger partial charge in [0.25, 0.3) is 0 Å². The van der Waals surface area contributed by atoms with Gasteiger partial charge in [0.05, 0.1) is 15.7 Å². The molecule has 1 rings (SSSR count). The van der Waals surface area contributed by atoms with Crippen molar-refractivity contribution >= 4 is 20.6 Å². The minimum absolute atomic E-state index is 0.0269. The molecule has 0 amide bonds. The fourth-order valence-corrected chi connectivity index (χ4v) is 3.73. The summed E-state index contributed by atoms with van der Waals surface area (Å²) in [6.07, 6.45) is 2.65. The highest BCUT2D eigenvalue weighted by molar-refractivity contribution is 7.90. The molecule has 6 heteroatoms. The smallest absolute Gasteiger partial charge is 0.175 e. The maximum absolute atomic E-state index is 12.2. The fraction of sp³-hybridized carbons (Fsp3) is 0.500. The molecule has 4 nitrogen and oxygen atoms in total. The number of benzene rings is 1. The molecule has 0 saturated carbocycles. The Kier molecular flexibility index (Phi) is 5.49. The van der Waals surface area contributed by atoms with Crippen LogP contribution in [-0.4, -0.2) is 30.7 Å². The zero-order valence-electron chi connectivity index (χ0n) is 10.6. The highest BCUT2D eigenvalue weighted by Crippen LogP contribution is 2.18. The van der Waals surface area contributed by atoms with E-state index in [-0.39, 0.29) is 10.1 Å². The van der Waals surface area contributed by atoms with E-state index in [0.717, 1.165) is 12.7 Å². The first kappa shape index (κ1) is 15.3. The van der Waals surface area contributed by atoms with E-state index < -0.39 is 20.6 Å². The SMILES string of the molecule is CCC(CCN)S(=O)c1ccc(S(C)(=O)=O)cc1. The van der Waals surface area contributed by atoms with Gasteiger partial charge in [-0.15, -0.1) is 0 Å². The van der Waals surface area contributed by atoms with E-state index >= 15 is 0 Å². The van der Waals surface area contributed by atoms with Gasteiger partial charge in [-0.3, -0.25) is 4.21 Å². The van der Waals surface area contributed by atoms with Crippen LogP contribution in [0.1, 0.15) is 19.8 Å². The van der Waals surface area contributed by atoms with E-state index in [0.29, 0.717) is 17.9 Å². The molecule has 2 N–H and O–H groups in total. The predicted molar refractivity (Wildman–Crippen MR) is 73.7 cm³/mol. The lowest BCUT2D eigenvalue weighted by molar-refractivity contribution is 0.601.